The molecular weight excluding hydrogens is 460 g/mol. The van der Waals surface area contributed by atoms with Gasteiger partial charge in [-0.1, -0.05) is 23.7 Å². The monoisotopic (exact) mass is 480 g/mol. The summed E-state index contributed by atoms with van der Waals surface area (Å²) < 4.78 is 5.37. The lowest BCUT2D eigenvalue weighted by atomic mass is 10.1. The van der Waals surface area contributed by atoms with E-state index in [9.17, 15) is 19.5 Å². The normalized spacial score (nSPS) is 10.5. The largest absolute Gasteiger partial charge is 0.507 e. The van der Waals surface area contributed by atoms with Gasteiger partial charge >= 0.3 is 11.8 Å². The van der Waals surface area contributed by atoms with E-state index < -0.39 is 17.7 Å². The second kappa shape index (κ2) is 11.5. The topological polar surface area (TPSA) is 129 Å². The molecule has 10 heteroatoms. The summed E-state index contributed by atoms with van der Waals surface area (Å²) in [6.45, 7) is 2.40. The van der Waals surface area contributed by atoms with E-state index in [0.717, 1.165) is 6.21 Å². The van der Waals surface area contributed by atoms with Crippen LogP contribution in [0.15, 0.2) is 71.8 Å². The number of para-hydroxylation sites is 1. The molecule has 174 valence electrons. The van der Waals surface area contributed by atoms with Crippen LogP contribution in [0.2, 0.25) is 5.02 Å². The van der Waals surface area contributed by atoms with Crippen LogP contribution in [0.5, 0.6) is 11.5 Å². The van der Waals surface area contributed by atoms with Gasteiger partial charge in [-0.05, 0) is 61.5 Å². The number of hydrogen-bond donors (Lipinski definition) is 4. The fraction of sp³-hybridized carbons (Fsp3) is 0.0833. The van der Waals surface area contributed by atoms with Crippen molar-refractivity contribution in [1.82, 2.24) is 5.43 Å². The third-order valence-corrected chi connectivity index (χ3v) is 4.64. The Kier molecular flexibility index (Phi) is 8.20. The van der Waals surface area contributed by atoms with E-state index in [1.54, 1.807) is 36.4 Å². The summed E-state index contributed by atoms with van der Waals surface area (Å²) in [6, 6.07) is 17.4. The Morgan fingerprint density at radius 3 is 2.47 bits per heavy atom. The first kappa shape index (κ1) is 24.3. The molecule has 34 heavy (non-hydrogen) atoms. The van der Waals surface area contributed by atoms with Gasteiger partial charge < -0.3 is 20.5 Å². The van der Waals surface area contributed by atoms with Gasteiger partial charge in [-0.2, -0.15) is 5.10 Å². The number of rotatable bonds is 7. The number of nitrogens with one attached hydrogen (secondary N) is 3. The van der Waals surface area contributed by atoms with E-state index in [1.807, 2.05) is 6.92 Å². The number of hydrazone groups is 1. The summed E-state index contributed by atoms with van der Waals surface area (Å²) in [4.78, 5) is 37.1. The lowest BCUT2D eigenvalue weighted by Gasteiger charge is -2.11. The van der Waals surface area contributed by atoms with Crippen molar-refractivity contribution < 1.29 is 24.2 Å². The number of hydrogen-bond acceptors (Lipinski definition) is 6. The molecule has 0 unspecified atom stereocenters. The maximum atomic E-state index is 12.7. The maximum Gasteiger partial charge on any atom is 0.329 e. The molecule has 4 N–H and O–H groups in total. The van der Waals surface area contributed by atoms with E-state index in [2.05, 4.69) is 21.2 Å². The predicted octanol–water partition coefficient (Wildman–Crippen LogP) is 3.79. The number of aromatic hydroxyl groups is 1. The zero-order valence-corrected chi connectivity index (χ0v) is 18.8. The van der Waals surface area contributed by atoms with Crippen LogP contribution in [0.25, 0.3) is 0 Å². The van der Waals surface area contributed by atoms with E-state index in [4.69, 9.17) is 16.3 Å². The van der Waals surface area contributed by atoms with E-state index in [0.29, 0.717) is 23.1 Å². The minimum Gasteiger partial charge on any atom is -0.507 e. The van der Waals surface area contributed by atoms with Crippen molar-refractivity contribution in [3.8, 4) is 11.5 Å². The number of nitrogens with zero attached hydrogens (tertiary/aromatic N) is 1. The van der Waals surface area contributed by atoms with Gasteiger partial charge in [0.15, 0.2) is 0 Å². The molecule has 0 saturated heterocycles. The van der Waals surface area contributed by atoms with Crippen LogP contribution < -0.4 is 20.8 Å². The van der Waals surface area contributed by atoms with E-state index >= 15 is 0 Å². The number of carbonyl (C=O) groups excluding carboxylic acids is 3. The minimum atomic E-state index is -1.07. The molecule has 3 rings (SSSR count). The first-order valence-corrected chi connectivity index (χ1v) is 10.5. The molecule has 0 bridgehead atoms. The highest BCUT2D eigenvalue weighted by Crippen LogP contribution is 2.21. The number of amides is 3. The van der Waals surface area contributed by atoms with Crippen molar-refractivity contribution in [1.29, 1.82) is 0 Å². The average Bonchev–Trinajstić information content (AvgIpc) is 2.83. The summed E-state index contributed by atoms with van der Waals surface area (Å²) in [5.74, 6) is -2.00. The van der Waals surface area contributed by atoms with Crippen molar-refractivity contribution in [2.45, 2.75) is 6.92 Å². The highest BCUT2D eigenvalue weighted by Gasteiger charge is 2.18. The molecule has 0 radical (unpaired) electrons. The Balaban J connectivity index is 1.63. The third-order valence-electron chi connectivity index (χ3n) is 4.41. The van der Waals surface area contributed by atoms with Crippen molar-refractivity contribution in [3.63, 3.8) is 0 Å². The molecule has 0 aliphatic carbocycles. The van der Waals surface area contributed by atoms with Gasteiger partial charge in [0.05, 0.1) is 24.1 Å². The highest BCUT2D eigenvalue weighted by molar-refractivity contribution is 6.40. The van der Waals surface area contributed by atoms with E-state index in [1.165, 1.54) is 30.3 Å². The van der Waals surface area contributed by atoms with Crippen LogP contribution in [-0.2, 0) is 9.59 Å². The lowest BCUT2D eigenvalue weighted by Crippen LogP contribution is -2.33. The van der Waals surface area contributed by atoms with Gasteiger partial charge in [0, 0.05) is 16.3 Å². The molecule has 3 aromatic rings. The molecule has 0 aliphatic rings. The lowest BCUT2D eigenvalue weighted by molar-refractivity contribution is -0.136. The molecule has 3 aromatic carbocycles. The van der Waals surface area contributed by atoms with Gasteiger partial charge in [-0.25, -0.2) is 5.43 Å². The van der Waals surface area contributed by atoms with Crippen LogP contribution in [0.4, 0.5) is 11.4 Å². The zero-order valence-electron chi connectivity index (χ0n) is 18.0. The van der Waals surface area contributed by atoms with Gasteiger partial charge in [-0.3, -0.25) is 14.4 Å². The van der Waals surface area contributed by atoms with Gasteiger partial charge in [-0.15, -0.1) is 0 Å². The standard InChI is InChI=1S/C24H21ClN4O5/c1-2-34-18-10-8-17(9-11-18)27-22(31)19-5-3-4-6-20(19)28-23(32)24(33)29-26-14-15-13-16(25)7-12-21(15)30/h3-14,30H,2H2,1H3,(H,27,31)(H,28,32)(H,29,33)/b26-14-. The van der Waals surface area contributed by atoms with Crippen LogP contribution in [0, 0.1) is 0 Å². The Morgan fingerprint density at radius 1 is 1.00 bits per heavy atom. The summed E-state index contributed by atoms with van der Waals surface area (Å²) in [6.07, 6.45) is 1.14. The Morgan fingerprint density at radius 2 is 1.74 bits per heavy atom. The van der Waals surface area contributed by atoms with Crippen LogP contribution in [-0.4, -0.2) is 35.6 Å². The minimum absolute atomic E-state index is 0.0979. The predicted molar refractivity (Wildman–Crippen MR) is 129 cm³/mol. The van der Waals surface area contributed by atoms with Crippen molar-refractivity contribution in [2.75, 3.05) is 17.2 Å². The number of carbonyl (C=O) groups is 3. The summed E-state index contributed by atoms with van der Waals surface area (Å²) in [5, 5.41) is 18.9. The van der Waals surface area contributed by atoms with Gasteiger partial charge in [0.1, 0.15) is 11.5 Å². The summed E-state index contributed by atoms with van der Waals surface area (Å²) in [5.41, 5.74) is 3.14. The van der Waals surface area contributed by atoms with Gasteiger partial charge in [0.2, 0.25) is 0 Å². The molecule has 3 amide bonds. The quantitative estimate of drug-likeness (QED) is 0.232. The fourth-order valence-electron chi connectivity index (χ4n) is 2.81. The molecule has 0 aliphatic heterocycles. The molecule has 0 spiro atoms. The smallest absolute Gasteiger partial charge is 0.329 e. The van der Waals surface area contributed by atoms with Crippen molar-refractivity contribution >= 4 is 46.9 Å². The number of phenolic OH excluding ortho intramolecular Hbond substituents is 1. The van der Waals surface area contributed by atoms with Crippen LogP contribution in [0.1, 0.15) is 22.8 Å². The number of ether oxygens (including phenoxy) is 1. The van der Waals surface area contributed by atoms with Crippen molar-refractivity contribution in [2.24, 2.45) is 5.10 Å². The maximum absolute atomic E-state index is 12.7. The molecule has 0 saturated carbocycles. The van der Waals surface area contributed by atoms with Crippen LogP contribution >= 0.6 is 11.6 Å². The van der Waals surface area contributed by atoms with Crippen LogP contribution in [0.3, 0.4) is 0 Å². The Hall–Kier alpha value is -4.37. The molecule has 0 heterocycles. The van der Waals surface area contributed by atoms with Gasteiger partial charge in [0.25, 0.3) is 5.91 Å². The second-order valence-electron chi connectivity index (χ2n) is 6.81. The number of phenols is 1. The molecule has 0 fully saturated rings. The van der Waals surface area contributed by atoms with E-state index in [-0.39, 0.29) is 22.6 Å². The zero-order chi connectivity index (χ0) is 24.5. The Labute approximate surface area is 200 Å². The number of halogens is 1. The second-order valence-corrected chi connectivity index (χ2v) is 7.25. The SMILES string of the molecule is CCOc1ccc(NC(=O)c2ccccc2NC(=O)C(=O)N/N=C\c2cc(Cl)ccc2O)cc1. The summed E-state index contributed by atoms with van der Waals surface area (Å²) in [7, 11) is 0. The molecule has 9 nitrogen and oxygen atoms in total. The molecule has 0 atom stereocenters. The molecule has 0 aromatic heterocycles. The first-order valence-electron chi connectivity index (χ1n) is 10.1. The number of anilines is 2. The average molecular weight is 481 g/mol. The van der Waals surface area contributed by atoms with Crippen molar-refractivity contribution in [3.05, 3.63) is 82.9 Å². The fourth-order valence-corrected chi connectivity index (χ4v) is 2.99. The third kappa shape index (κ3) is 6.57. The Bertz CT molecular complexity index is 1230. The summed E-state index contributed by atoms with van der Waals surface area (Å²) >= 11 is 5.85. The molecular formula is C24H21ClN4O5. The first-order chi connectivity index (χ1) is 16.4. The number of benzene rings is 3. The highest BCUT2D eigenvalue weighted by atomic mass is 35.5.